The van der Waals surface area contributed by atoms with Gasteiger partial charge in [0.05, 0.1) is 50.6 Å². The van der Waals surface area contributed by atoms with Gasteiger partial charge in [-0.3, -0.25) is 0 Å². The minimum Gasteiger partial charge on any atom is -0.497 e. The van der Waals surface area contributed by atoms with Crippen LogP contribution in [0.3, 0.4) is 0 Å². The van der Waals surface area contributed by atoms with Gasteiger partial charge in [-0.25, -0.2) is 18.6 Å². The molecule has 5 heterocycles. The van der Waals surface area contributed by atoms with Crippen molar-refractivity contribution in [2.75, 3.05) is 14.2 Å². The first-order chi connectivity index (χ1) is 16.8. The van der Waals surface area contributed by atoms with E-state index in [1.165, 1.54) is 16.8 Å². The summed E-state index contributed by atoms with van der Waals surface area (Å²) in [7, 11) is -1.52. The van der Waals surface area contributed by atoms with E-state index >= 15 is 0 Å². The normalized spacial score (nSPS) is 19.3. The molecule has 1 aromatic carbocycles. The van der Waals surface area contributed by atoms with Gasteiger partial charge in [0, 0.05) is 46.9 Å². The SMILES string of the molecule is COc1cc(OC)c2c(c1)[C@H]1CC(c3ccoc3)(c3ccoc3)[C@@H]2c2cccc[n+]21.[O-][Cl+3]([O-])([O-])[O-]. The molecule has 0 unspecified atom stereocenters. The Bertz CT molecular complexity index is 1270. The summed E-state index contributed by atoms with van der Waals surface area (Å²) in [4.78, 5) is 0. The maximum atomic E-state index is 8.49. The summed E-state index contributed by atoms with van der Waals surface area (Å²) >= 11 is 0. The molecule has 9 nitrogen and oxygen atoms in total. The highest BCUT2D eigenvalue weighted by atomic mass is 35.7. The van der Waals surface area contributed by atoms with E-state index < -0.39 is 10.2 Å². The highest BCUT2D eigenvalue weighted by molar-refractivity contribution is 5.60. The Labute approximate surface area is 203 Å². The lowest BCUT2D eigenvalue weighted by Gasteiger charge is -2.48. The first-order valence-corrected chi connectivity index (χ1v) is 11.9. The van der Waals surface area contributed by atoms with E-state index in [1.54, 1.807) is 26.7 Å². The maximum Gasteiger partial charge on any atom is 0.190 e. The Balaban J connectivity index is 0.000000464. The molecule has 7 rings (SSSR count). The Hall–Kier alpha value is -3.34. The number of aromatic nitrogens is 1. The molecule has 10 heteroatoms. The van der Waals surface area contributed by atoms with Crippen molar-refractivity contribution in [3.8, 4) is 11.5 Å². The molecule has 3 aliphatic rings. The number of benzene rings is 1. The van der Waals surface area contributed by atoms with Gasteiger partial charge in [-0.15, -0.1) is 10.2 Å². The summed E-state index contributed by atoms with van der Waals surface area (Å²) in [6, 6.07) is 14.9. The molecule has 2 atom stereocenters. The van der Waals surface area contributed by atoms with E-state index in [0.717, 1.165) is 29.0 Å². The van der Waals surface area contributed by atoms with Gasteiger partial charge in [-0.1, -0.05) is 6.07 Å². The van der Waals surface area contributed by atoms with Crippen molar-refractivity contribution in [3.05, 3.63) is 102 Å². The van der Waals surface area contributed by atoms with Crippen molar-refractivity contribution in [2.45, 2.75) is 23.8 Å². The topological polar surface area (TPSA) is 141 Å². The molecule has 0 saturated carbocycles. The van der Waals surface area contributed by atoms with Crippen LogP contribution >= 0.6 is 0 Å². The summed E-state index contributed by atoms with van der Waals surface area (Å²) in [6.07, 6.45) is 10.3. The lowest BCUT2D eigenvalue weighted by atomic mass is 9.54. The van der Waals surface area contributed by atoms with Gasteiger partial charge in [0.2, 0.25) is 0 Å². The minimum atomic E-state index is -4.94. The molecule has 0 radical (unpaired) electrons. The summed E-state index contributed by atoms with van der Waals surface area (Å²) < 4.78 is 59.0. The zero-order chi connectivity index (χ0) is 24.8. The number of nitrogens with zero attached hydrogens (tertiary/aromatic N) is 1. The third kappa shape index (κ3) is 3.87. The highest BCUT2D eigenvalue weighted by Crippen LogP contribution is 2.61. The minimum absolute atomic E-state index is 0.0368. The predicted molar refractivity (Wildman–Crippen MR) is 109 cm³/mol. The Kier molecular flexibility index (Phi) is 5.82. The zero-order valence-electron chi connectivity index (χ0n) is 18.9. The van der Waals surface area contributed by atoms with E-state index in [-0.39, 0.29) is 17.4 Å². The van der Waals surface area contributed by atoms with Crippen LogP contribution in [0.1, 0.15) is 46.3 Å². The molecule has 4 aromatic rings. The molecule has 0 amide bonds. The zero-order valence-corrected chi connectivity index (χ0v) is 19.6. The fourth-order valence-electron chi connectivity index (χ4n) is 5.69. The van der Waals surface area contributed by atoms with Gasteiger partial charge in [-0.05, 0) is 18.2 Å². The third-order valence-corrected chi connectivity index (χ3v) is 6.89. The number of rotatable bonds is 4. The Morgan fingerprint density at radius 2 is 1.60 bits per heavy atom. The number of hydrogen-bond donors (Lipinski definition) is 0. The average molecular weight is 500 g/mol. The number of methoxy groups -OCH3 is 2. The van der Waals surface area contributed by atoms with Crippen LogP contribution in [0.2, 0.25) is 0 Å². The van der Waals surface area contributed by atoms with Crippen molar-refractivity contribution < 1.29 is 51.8 Å². The van der Waals surface area contributed by atoms with Gasteiger partial charge in [0.1, 0.15) is 11.5 Å². The van der Waals surface area contributed by atoms with Crippen molar-refractivity contribution in [1.29, 1.82) is 0 Å². The van der Waals surface area contributed by atoms with Crippen LogP contribution in [0, 0.1) is 10.2 Å². The van der Waals surface area contributed by atoms with Crippen LogP contribution in [-0.4, -0.2) is 14.2 Å². The van der Waals surface area contributed by atoms with Crippen molar-refractivity contribution in [3.63, 3.8) is 0 Å². The van der Waals surface area contributed by atoms with Gasteiger partial charge in [0.25, 0.3) is 0 Å². The maximum absolute atomic E-state index is 8.49. The predicted octanol–water partition coefficient (Wildman–Crippen LogP) is -0.154. The van der Waals surface area contributed by atoms with Crippen LogP contribution in [0.4, 0.5) is 0 Å². The second-order valence-corrected chi connectivity index (χ2v) is 9.15. The largest absolute Gasteiger partial charge is 0.497 e. The Morgan fingerprint density at radius 3 is 2.14 bits per heavy atom. The van der Waals surface area contributed by atoms with Crippen LogP contribution in [0.15, 0.2) is 82.5 Å². The fraction of sp³-hybridized carbons (Fsp3) is 0.240. The molecule has 2 bridgehead atoms. The monoisotopic (exact) mass is 499 g/mol. The van der Waals surface area contributed by atoms with Crippen LogP contribution < -0.4 is 32.7 Å². The molecule has 3 aromatic heterocycles. The van der Waals surface area contributed by atoms with Crippen LogP contribution in [-0.2, 0) is 5.41 Å². The number of fused-ring (bicyclic) bond motifs is 1. The number of pyridine rings is 1. The average Bonchev–Trinajstić information content (AvgIpc) is 3.57. The van der Waals surface area contributed by atoms with Crippen molar-refractivity contribution in [1.82, 2.24) is 0 Å². The molecule has 2 aliphatic heterocycles. The quantitative estimate of drug-likeness (QED) is 0.353. The van der Waals surface area contributed by atoms with Gasteiger partial charge >= 0.3 is 0 Å². The van der Waals surface area contributed by atoms with E-state index in [1.807, 2.05) is 18.6 Å². The second-order valence-electron chi connectivity index (χ2n) is 8.39. The van der Waals surface area contributed by atoms with Gasteiger partial charge in [-0.2, -0.15) is 4.57 Å². The highest BCUT2D eigenvalue weighted by Gasteiger charge is 2.61. The lowest BCUT2D eigenvalue weighted by Crippen LogP contribution is -2.68. The molecular formula is C25H22ClNO8. The smallest absolute Gasteiger partial charge is 0.190 e. The Morgan fingerprint density at radius 1 is 0.943 bits per heavy atom. The second kappa shape index (κ2) is 8.71. The molecule has 0 fully saturated rings. The molecule has 0 saturated heterocycles. The fourth-order valence-corrected chi connectivity index (χ4v) is 5.69. The third-order valence-electron chi connectivity index (χ3n) is 6.89. The van der Waals surface area contributed by atoms with Gasteiger partial charge < -0.3 is 18.3 Å². The first-order valence-electron chi connectivity index (χ1n) is 10.7. The summed E-state index contributed by atoms with van der Waals surface area (Å²) in [5.41, 5.74) is 5.70. The number of furan rings is 2. The van der Waals surface area contributed by atoms with Crippen LogP contribution in [0.25, 0.3) is 0 Å². The molecule has 1 aliphatic carbocycles. The van der Waals surface area contributed by atoms with Crippen molar-refractivity contribution in [2.24, 2.45) is 0 Å². The van der Waals surface area contributed by atoms with Gasteiger partial charge in [0.15, 0.2) is 17.9 Å². The summed E-state index contributed by atoms with van der Waals surface area (Å²) in [6.45, 7) is 0. The summed E-state index contributed by atoms with van der Waals surface area (Å²) in [5, 5.41) is 0. The van der Waals surface area contributed by atoms with Crippen molar-refractivity contribution >= 4 is 0 Å². The number of ether oxygens (including phenoxy) is 2. The molecule has 35 heavy (non-hydrogen) atoms. The molecular weight excluding hydrogens is 478 g/mol. The van der Waals surface area contributed by atoms with Crippen LogP contribution in [0.5, 0.6) is 11.5 Å². The summed E-state index contributed by atoms with van der Waals surface area (Å²) in [5.74, 6) is 1.70. The van der Waals surface area contributed by atoms with E-state index in [9.17, 15) is 0 Å². The molecule has 0 N–H and O–H groups in total. The van der Waals surface area contributed by atoms with E-state index in [2.05, 4.69) is 47.2 Å². The number of halogens is 1. The standard InChI is InChI=1S/C25H22NO4.ClHO4/c1-27-18-11-19-21-13-25(16-6-9-29-14-16,17-7-10-30-15-17)24(23(19)22(12-18)28-2)20-5-3-4-8-26(20)21;2-1(3,4)5/h3-12,14-15,21,24H,13H2,1-2H3;(H,2,3,4,5)/q+1;/p-1/t21-,24-;/m1./s1. The van der Waals surface area contributed by atoms with E-state index in [4.69, 9.17) is 36.9 Å². The van der Waals surface area contributed by atoms with E-state index in [0.29, 0.717) is 0 Å². The number of hydrogen-bond acceptors (Lipinski definition) is 8. The first kappa shape index (κ1) is 23.4. The molecule has 0 spiro atoms. The lowest BCUT2D eigenvalue weighted by molar-refractivity contribution is -2.00. The molecule has 182 valence electrons.